The lowest BCUT2D eigenvalue weighted by Gasteiger charge is -2.16. The first kappa shape index (κ1) is 14.0. The lowest BCUT2D eigenvalue weighted by atomic mass is 10.2. The molecule has 1 unspecified atom stereocenters. The quantitative estimate of drug-likeness (QED) is 0.633. The second kappa shape index (κ2) is 6.61. The summed E-state index contributed by atoms with van der Waals surface area (Å²) in [6.07, 6.45) is 0.547. The molecule has 0 fully saturated rings. The summed E-state index contributed by atoms with van der Waals surface area (Å²) in [5.74, 6) is 0.626. The average Bonchev–Trinajstić information content (AvgIpc) is 2.62. The van der Waals surface area contributed by atoms with E-state index in [0.29, 0.717) is 17.3 Å². The largest absolute Gasteiger partial charge is 0.480 e. The molecule has 0 bridgehead atoms. The molecule has 0 spiro atoms. The van der Waals surface area contributed by atoms with Gasteiger partial charge in [-0.2, -0.15) is 0 Å². The average molecular weight is 258 g/mol. The number of aromatic amines is 1. The fourth-order valence-corrected chi connectivity index (χ4v) is 2.18. The van der Waals surface area contributed by atoms with E-state index in [1.165, 1.54) is 11.8 Å². The maximum Gasteiger partial charge on any atom is 0.320 e. The smallest absolute Gasteiger partial charge is 0.320 e. The van der Waals surface area contributed by atoms with Gasteiger partial charge in [-0.05, 0) is 13.3 Å². The molecular formula is C10H18N4O2S. The Balaban J connectivity index is 2.34. The van der Waals surface area contributed by atoms with Crippen LogP contribution in [-0.2, 0) is 4.79 Å². The van der Waals surface area contributed by atoms with Crippen LogP contribution in [0.4, 0.5) is 0 Å². The van der Waals surface area contributed by atoms with Gasteiger partial charge in [0.2, 0.25) is 5.16 Å². The van der Waals surface area contributed by atoms with Gasteiger partial charge in [-0.1, -0.05) is 25.6 Å². The predicted molar refractivity (Wildman–Crippen MR) is 66.2 cm³/mol. The Morgan fingerprint density at radius 2 is 2.29 bits per heavy atom. The molecule has 1 aromatic rings. The molecule has 0 amide bonds. The molecule has 3 N–H and O–H groups in total. The number of nitrogens with zero attached hydrogens (tertiary/aromatic N) is 2. The third-order valence-electron chi connectivity index (χ3n) is 2.05. The van der Waals surface area contributed by atoms with Crippen molar-refractivity contribution in [2.75, 3.05) is 5.75 Å². The molecule has 0 aliphatic rings. The summed E-state index contributed by atoms with van der Waals surface area (Å²) < 4.78 is 0. The number of thioether (sulfide) groups is 1. The van der Waals surface area contributed by atoms with Crippen molar-refractivity contribution < 1.29 is 9.90 Å². The zero-order valence-electron chi connectivity index (χ0n) is 10.2. The Bertz CT molecular complexity index is 367. The summed E-state index contributed by atoms with van der Waals surface area (Å²) in [7, 11) is 0. The topological polar surface area (TPSA) is 90.9 Å². The molecule has 0 saturated carbocycles. The van der Waals surface area contributed by atoms with Gasteiger partial charge < -0.3 is 10.4 Å². The minimum absolute atomic E-state index is 0.159. The number of nitrogens with one attached hydrogen (secondary N) is 2. The highest BCUT2D eigenvalue weighted by molar-refractivity contribution is 7.99. The van der Waals surface area contributed by atoms with E-state index < -0.39 is 12.0 Å². The van der Waals surface area contributed by atoms with Crippen molar-refractivity contribution in [1.29, 1.82) is 0 Å². The van der Waals surface area contributed by atoms with Gasteiger partial charge in [0.25, 0.3) is 0 Å². The molecule has 1 heterocycles. The van der Waals surface area contributed by atoms with Gasteiger partial charge in [0, 0.05) is 11.8 Å². The molecule has 0 saturated heterocycles. The molecule has 17 heavy (non-hydrogen) atoms. The fourth-order valence-electron chi connectivity index (χ4n) is 1.34. The minimum Gasteiger partial charge on any atom is -0.480 e. The summed E-state index contributed by atoms with van der Waals surface area (Å²) in [6, 6.07) is -0.352. The SMILES string of the molecule is Cc1nc(SCCC(NC(C)C)C(=O)O)n[nH]1. The number of carboxylic acid groups (broad SMARTS) is 1. The molecule has 1 atom stereocenters. The van der Waals surface area contributed by atoms with Crippen molar-refractivity contribution in [3.63, 3.8) is 0 Å². The lowest BCUT2D eigenvalue weighted by molar-refractivity contribution is -0.139. The molecule has 96 valence electrons. The molecule has 6 nitrogen and oxygen atoms in total. The van der Waals surface area contributed by atoms with Crippen molar-refractivity contribution in [1.82, 2.24) is 20.5 Å². The van der Waals surface area contributed by atoms with E-state index in [4.69, 9.17) is 5.11 Å². The van der Waals surface area contributed by atoms with E-state index in [1.807, 2.05) is 20.8 Å². The highest BCUT2D eigenvalue weighted by atomic mass is 32.2. The monoisotopic (exact) mass is 258 g/mol. The Hall–Kier alpha value is -1.08. The van der Waals surface area contributed by atoms with Crippen molar-refractivity contribution in [3.05, 3.63) is 5.82 Å². The van der Waals surface area contributed by atoms with Gasteiger partial charge in [-0.25, -0.2) is 4.98 Å². The summed E-state index contributed by atoms with van der Waals surface area (Å²) in [5.41, 5.74) is 0. The normalized spacial score (nSPS) is 12.9. The van der Waals surface area contributed by atoms with Crippen LogP contribution in [-0.4, -0.2) is 44.1 Å². The molecule has 1 aromatic heterocycles. The first-order valence-electron chi connectivity index (χ1n) is 5.49. The predicted octanol–water partition coefficient (Wildman–Crippen LogP) is 1.05. The molecule has 1 rings (SSSR count). The summed E-state index contributed by atoms with van der Waals surface area (Å²) in [4.78, 5) is 15.1. The van der Waals surface area contributed by atoms with E-state index in [0.717, 1.165) is 5.82 Å². The first-order valence-corrected chi connectivity index (χ1v) is 6.48. The molecule has 0 aliphatic heterocycles. The van der Waals surface area contributed by atoms with E-state index in [1.54, 1.807) is 0 Å². The van der Waals surface area contributed by atoms with Crippen molar-refractivity contribution in [2.24, 2.45) is 0 Å². The molecule has 0 radical (unpaired) electrons. The number of hydrogen-bond acceptors (Lipinski definition) is 5. The summed E-state index contributed by atoms with van der Waals surface area (Å²) in [6.45, 7) is 5.70. The molecular weight excluding hydrogens is 240 g/mol. The maximum atomic E-state index is 11.0. The zero-order chi connectivity index (χ0) is 12.8. The number of hydrogen-bond donors (Lipinski definition) is 3. The van der Waals surface area contributed by atoms with Crippen molar-refractivity contribution in [3.8, 4) is 0 Å². The second-order valence-corrected chi connectivity index (χ2v) is 5.11. The van der Waals surface area contributed by atoms with E-state index in [2.05, 4.69) is 20.5 Å². The Kier molecular flexibility index (Phi) is 5.43. The second-order valence-electron chi connectivity index (χ2n) is 4.05. The molecule has 0 aliphatic carbocycles. The van der Waals surface area contributed by atoms with E-state index in [-0.39, 0.29) is 6.04 Å². The highest BCUT2D eigenvalue weighted by Gasteiger charge is 2.17. The van der Waals surface area contributed by atoms with Crippen LogP contribution in [0.25, 0.3) is 0 Å². The maximum absolute atomic E-state index is 11.0. The number of H-pyrrole nitrogens is 1. The van der Waals surface area contributed by atoms with Crippen LogP contribution < -0.4 is 5.32 Å². The zero-order valence-corrected chi connectivity index (χ0v) is 11.0. The number of carbonyl (C=O) groups is 1. The van der Waals surface area contributed by atoms with Crippen LogP contribution in [0, 0.1) is 6.92 Å². The number of aryl methyl sites for hydroxylation is 1. The third kappa shape index (κ3) is 5.18. The first-order chi connectivity index (χ1) is 7.99. The van der Waals surface area contributed by atoms with Crippen LogP contribution in [0.15, 0.2) is 5.16 Å². The van der Waals surface area contributed by atoms with E-state index in [9.17, 15) is 4.79 Å². The van der Waals surface area contributed by atoms with Crippen molar-refractivity contribution >= 4 is 17.7 Å². The van der Waals surface area contributed by atoms with Crippen molar-refractivity contribution in [2.45, 2.75) is 44.4 Å². The third-order valence-corrected chi connectivity index (χ3v) is 2.93. The van der Waals surface area contributed by atoms with Crippen LogP contribution in [0.5, 0.6) is 0 Å². The molecule has 0 aromatic carbocycles. The summed E-state index contributed by atoms with van der Waals surface area (Å²) >= 11 is 1.46. The molecule has 7 heteroatoms. The Morgan fingerprint density at radius 1 is 1.59 bits per heavy atom. The number of carboxylic acids is 1. The summed E-state index contributed by atoms with van der Waals surface area (Å²) in [5, 5.41) is 19.4. The van der Waals surface area contributed by atoms with E-state index >= 15 is 0 Å². The van der Waals surface area contributed by atoms with Gasteiger partial charge in [-0.15, -0.1) is 5.10 Å². The van der Waals surface area contributed by atoms with Crippen LogP contribution >= 0.6 is 11.8 Å². The van der Waals surface area contributed by atoms with Crippen LogP contribution in [0.3, 0.4) is 0 Å². The number of rotatable bonds is 7. The van der Waals surface area contributed by atoms with Crippen LogP contribution in [0.2, 0.25) is 0 Å². The lowest BCUT2D eigenvalue weighted by Crippen LogP contribution is -2.41. The standard InChI is InChI=1S/C10H18N4O2S/c1-6(2)11-8(9(15)16)4-5-17-10-12-7(3)13-14-10/h6,8,11H,4-5H2,1-3H3,(H,15,16)(H,12,13,14). The Labute approximate surface area is 105 Å². The Morgan fingerprint density at radius 3 is 2.76 bits per heavy atom. The minimum atomic E-state index is -0.814. The number of aromatic nitrogens is 3. The number of aliphatic carboxylic acids is 1. The van der Waals surface area contributed by atoms with Crippen LogP contribution in [0.1, 0.15) is 26.1 Å². The van der Waals surface area contributed by atoms with Gasteiger partial charge in [0.05, 0.1) is 0 Å². The fraction of sp³-hybridized carbons (Fsp3) is 0.700. The van der Waals surface area contributed by atoms with Gasteiger partial charge in [-0.3, -0.25) is 9.89 Å². The van der Waals surface area contributed by atoms with Gasteiger partial charge in [0.15, 0.2) is 0 Å². The highest BCUT2D eigenvalue weighted by Crippen LogP contribution is 2.14. The van der Waals surface area contributed by atoms with Gasteiger partial charge >= 0.3 is 5.97 Å². The van der Waals surface area contributed by atoms with Gasteiger partial charge in [0.1, 0.15) is 11.9 Å².